The van der Waals surface area contributed by atoms with Gasteiger partial charge in [-0.15, -0.1) is 0 Å². The van der Waals surface area contributed by atoms with Crippen molar-refractivity contribution >= 4 is 5.78 Å². The van der Waals surface area contributed by atoms with E-state index in [9.17, 15) is 4.79 Å². The molecule has 0 bridgehead atoms. The largest absolute Gasteiger partial charge is 0.300 e. The topological polar surface area (TPSA) is 17.1 Å². The van der Waals surface area contributed by atoms with Crippen LogP contribution in [0.2, 0.25) is 0 Å². The maximum Gasteiger partial charge on any atom is 0.132 e. The highest BCUT2D eigenvalue weighted by atomic mass is 16.1. The number of allylic oxidation sites excluding steroid dienone is 1. The van der Waals surface area contributed by atoms with E-state index < -0.39 is 0 Å². The summed E-state index contributed by atoms with van der Waals surface area (Å²) in [6, 6.07) is 0. The van der Waals surface area contributed by atoms with E-state index in [4.69, 9.17) is 0 Å². The molecule has 1 heteroatoms. The molecule has 0 N–H and O–H groups in total. The predicted octanol–water partition coefficient (Wildman–Crippen LogP) is 3.98. The Morgan fingerprint density at radius 2 is 2.27 bits per heavy atom. The van der Waals surface area contributed by atoms with Gasteiger partial charge in [0.05, 0.1) is 0 Å². The summed E-state index contributed by atoms with van der Waals surface area (Å²) in [7, 11) is 0. The van der Waals surface area contributed by atoms with Crippen LogP contribution < -0.4 is 0 Å². The second-order valence-corrected chi connectivity index (χ2v) is 5.22. The minimum absolute atomic E-state index is 0.245. The molecular weight excluding hydrogens is 184 g/mol. The van der Waals surface area contributed by atoms with Crippen molar-refractivity contribution in [3.63, 3.8) is 0 Å². The maximum absolute atomic E-state index is 11.1. The zero-order valence-electron chi connectivity index (χ0n) is 10.4. The van der Waals surface area contributed by atoms with E-state index in [1.165, 1.54) is 31.3 Å². The van der Waals surface area contributed by atoms with E-state index in [0.29, 0.717) is 5.78 Å². The number of rotatable bonds is 5. The van der Waals surface area contributed by atoms with Crippen molar-refractivity contribution in [1.29, 1.82) is 0 Å². The Bertz CT molecular complexity index is 242. The van der Waals surface area contributed by atoms with Gasteiger partial charge in [-0.1, -0.05) is 32.4 Å². The third kappa shape index (κ3) is 3.48. The summed E-state index contributed by atoms with van der Waals surface area (Å²) < 4.78 is 0. The van der Waals surface area contributed by atoms with Crippen LogP contribution in [0, 0.1) is 17.8 Å². The zero-order chi connectivity index (χ0) is 11.4. The van der Waals surface area contributed by atoms with Gasteiger partial charge >= 0.3 is 0 Å². The van der Waals surface area contributed by atoms with Crippen LogP contribution in [0.25, 0.3) is 0 Å². The molecule has 0 aliphatic heterocycles. The first kappa shape index (κ1) is 12.5. The minimum atomic E-state index is 0.245. The fourth-order valence-corrected chi connectivity index (χ4v) is 2.54. The van der Waals surface area contributed by atoms with Crippen molar-refractivity contribution < 1.29 is 4.79 Å². The molecule has 0 amide bonds. The molecule has 0 aromatic rings. The second kappa shape index (κ2) is 5.48. The molecule has 0 aromatic carbocycles. The normalized spacial score (nSPS) is 28.1. The van der Waals surface area contributed by atoms with Crippen LogP contribution in [0.3, 0.4) is 0 Å². The molecule has 1 rings (SSSR count). The Labute approximate surface area is 93.9 Å². The highest BCUT2D eigenvalue weighted by Gasteiger charge is 2.26. The summed E-state index contributed by atoms with van der Waals surface area (Å²) in [5, 5.41) is 0. The van der Waals surface area contributed by atoms with Crippen molar-refractivity contribution in [3.8, 4) is 0 Å². The molecular formula is C14H24O. The summed E-state index contributed by atoms with van der Waals surface area (Å²) in [6.45, 7) is 10.2. The van der Waals surface area contributed by atoms with Gasteiger partial charge in [0.1, 0.15) is 5.78 Å². The highest BCUT2D eigenvalue weighted by Crippen LogP contribution is 2.38. The molecule has 1 saturated carbocycles. The first-order chi connectivity index (χ1) is 7.02. The molecule has 15 heavy (non-hydrogen) atoms. The second-order valence-electron chi connectivity index (χ2n) is 5.22. The van der Waals surface area contributed by atoms with E-state index in [-0.39, 0.29) is 5.92 Å². The molecule has 0 aromatic heterocycles. The lowest BCUT2D eigenvalue weighted by atomic mass is 9.88. The number of carbonyl (C=O) groups is 1. The highest BCUT2D eigenvalue weighted by molar-refractivity contribution is 5.77. The summed E-state index contributed by atoms with van der Waals surface area (Å²) >= 11 is 0. The molecule has 2 unspecified atom stereocenters. The molecule has 1 fully saturated rings. The predicted molar refractivity (Wildman–Crippen MR) is 64.7 cm³/mol. The van der Waals surface area contributed by atoms with Crippen LogP contribution in [-0.2, 0) is 4.79 Å². The summed E-state index contributed by atoms with van der Waals surface area (Å²) in [6.07, 6.45) is 5.98. The van der Waals surface area contributed by atoms with E-state index in [0.717, 1.165) is 18.3 Å². The van der Waals surface area contributed by atoms with Gasteiger partial charge in [0.25, 0.3) is 0 Å². The Morgan fingerprint density at radius 3 is 2.73 bits per heavy atom. The molecule has 0 saturated heterocycles. The molecule has 1 nitrogen and oxygen atoms in total. The lowest BCUT2D eigenvalue weighted by molar-refractivity contribution is -0.120. The molecule has 0 heterocycles. The van der Waals surface area contributed by atoms with Crippen LogP contribution in [0.4, 0.5) is 0 Å². The first-order valence-electron chi connectivity index (χ1n) is 6.20. The van der Waals surface area contributed by atoms with Crippen LogP contribution in [0.5, 0.6) is 0 Å². The first-order valence-corrected chi connectivity index (χ1v) is 6.20. The number of Topliss-reactive ketones (excluding diaryl/α,β-unsaturated/α-hetero) is 1. The molecule has 86 valence electrons. The van der Waals surface area contributed by atoms with Gasteiger partial charge in [0.15, 0.2) is 0 Å². The summed E-state index contributed by atoms with van der Waals surface area (Å²) in [4.78, 5) is 11.1. The fraction of sp³-hybridized carbons (Fsp3) is 0.786. The quantitative estimate of drug-likeness (QED) is 0.624. The Morgan fingerprint density at radius 1 is 1.60 bits per heavy atom. The maximum atomic E-state index is 11.1. The summed E-state index contributed by atoms with van der Waals surface area (Å²) in [5.41, 5.74) is 1.44. The van der Waals surface area contributed by atoms with E-state index >= 15 is 0 Å². The van der Waals surface area contributed by atoms with Gasteiger partial charge in [-0.05, 0) is 44.4 Å². The number of carbonyl (C=O) groups excluding carboxylic acids is 1. The van der Waals surface area contributed by atoms with Gasteiger partial charge in [0, 0.05) is 5.92 Å². The molecule has 0 radical (unpaired) electrons. The van der Waals surface area contributed by atoms with Gasteiger partial charge in [-0.25, -0.2) is 0 Å². The smallest absolute Gasteiger partial charge is 0.132 e. The Kier molecular flexibility index (Phi) is 4.56. The van der Waals surface area contributed by atoms with E-state index in [2.05, 4.69) is 13.5 Å². The average Bonchev–Trinajstić information content (AvgIpc) is 2.48. The summed E-state index contributed by atoms with van der Waals surface area (Å²) in [5.74, 6) is 2.11. The van der Waals surface area contributed by atoms with Crippen LogP contribution >= 0.6 is 0 Å². The third-order valence-electron chi connectivity index (χ3n) is 3.98. The third-order valence-corrected chi connectivity index (χ3v) is 3.98. The lowest BCUT2D eigenvalue weighted by Gasteiger charge is -2.17. The zero-order valence-corrected chi connectivity index (χ0v) is 10.4. The standard InChI is InChI=1S/C14H24O/c1-10(13(4)15)6-5-7-14-11(2)8-9-12(14)3/h10,12,14H,2,5-9H2,1,3-4H3/t10?,12-,14?/m0/s1. The molecule has 0 spiro atoms. The van der Waals surface area contributed by atoms with Crippen molar-refractivity contribution in [1.82, 2.24) is 0 Å². The average molecular weight is 208 g/mol. The van der Waals surface area contributed by atoms with Gasteiger partial charge in [-0.3, -0.25) is 4.79 Å². The SMILES string of the molecule is C=C1CC[C@H](C)C1CCCC(C)C(C)=O. The van der Waals surface area contributed by atoms with Crippen molar-refractivity contribution in [2.45, 2.75) is 52.9 Å². The lowest BCUT2D eigenvalue weighted by Crippen LogP contribution is -2.09. The Hall–Kier alpha value is -0.590. The van der Waals surface area contributed by atoms with Gasteiger partial charge in [0.2, 0.25) is 0 Å². The fourth-order valence-electron chi connectivity index (χ4n) is 2.54. The number of hydrogen-bond acceptors (Lipinski definition) is 1. The Balaban J connectivity index is 2.25. The molecule has 1 aliphatic rings. The number of hydrogen-bond donors (Lipinski definition) is 0. The van der Waals surface area contributed by atoms with Gasteiger partial charge < -0.3 is 0 Å². The monoisotopic (exact) mass is 208 g/mol. The molecule has 3 atom stereocenters. The minimum Gasteiger partial charge on any atom is -0.300 e. The number of ketones is 1. The van der Waals surface area contributed by atoms with Crippen molar-refractivity contribution in [2.24, 2.45) is 17.8 Å². The van der Waals surface area contributed by atoms with Crippen molar-refractivity contribution in [3.05, 3.63) is 12.2 Å². The van der Waals surface area contributed by atoms with E-state index in [1.54, 1.807) is 6.92 Å². The van der Waals surface area contributed by atoms with Crippen LogP contribution in [0.15, 0.2) is 12.2 Å². The van der Waals surface area contributed by atoms with Crippen LogP contribution in [0.1, 0.15) is 52.9 Å². The van der Waals surface area contributed by atoms with Gasteiger partial charge in [-0.2, -0.15) is 0 Å². The van der Waals surface area contributed by atoms with Crippen LogP contribution in [-0.4, -0.2) is 5.78 Å². The van der Waals surface area contributed by atoms with E-state index in [1.807, 2.05) is 6.92 Å². The molecule has 1 aliphatic carbocycles. The van der Waals surface area contributed by atoms with Crippen molar-refractivity contribution in [2.75, 3.05) is 0 Å².